The molecule has 1 aliphatic rings. The van der Waals surface area contributed by atoms with Crippen molar-refractivity contribution in [3.05, 3.63) is 0 Å². The highest BCUT2D eigenvalue weighted by Crippen LogP contribution is 2.22. The highest BCUT2D eigenvalue weighted by Gasteiger charge is 2.44. The number of ether oxygens (including phenoxy) is 4. The molecule has 1 fully saturated rings. The predicted molar refractivity (Wildman–Crippen MR) is 192 cm³/mol. The first-order valence-corrected chi connectivity index (χ1v) is 20.1. The summed E-state index contributed by atoms with van der Waals surface area (Å²) in [4.78, 5) is 25.1. The van der Waals surface area contributed by atoms with Crippen molar-refractivity contribution in [1.29, 1.82) is 0 Å². The molecule has 0 spiro atoms. The molecule has 0 bridgehead atoms. The minimum atomic E-state index is -1.59. The second-order valence-corrected chi connectivity index (χ2v) is 14.1. The minimum absolute atomic E-state index is 0.211. The Morgan fingerprint density at radius 3 is 1.39 bits per heavy atom. The largest absolute Gasteiger partial charge is 0.462 e. The van der Waals surface area contributed by atoms with Crippen LogP contribution < -0.4 is 0 Å². The minimum Gasteiger partial charge on any atom is -0.462 e. The molecule has 6 unspecified atom stereocenters. The second kappa shape index (κ2) is 31.4. The zero-order valence-electron chi connectivity index (χ0n) is 31.2. The van der Waals surface area contributed by atoms with E-state index in [-0.39, 0.29) is 32.0 Å². The zero-order chi connectivity index (χ0) is 36.0. The smallest absolute Gasteiger partial charge is 0.306 e. The molecule has 1 aliphatic heterocycles. The van der Waals surface area contributed by atoms with Crippen molar-refractivity contribution in [2.45, 2.75) is 218 Å². The lowest BCUT2D eigenvalue weighted by molar-refractivity contribution is -0.305. The van der Waals surface area contributed by atoms with E-state index in [4.69, 9.17) is 18.9 Å². The lowest BCUT2D eigenvalue weighted by Gasteiger charge is -2.39. The van der Waals surface area contributed by atoms with Gasteiger partial charge < -0.3 is 39.4 Å². The average molecular weight is 703 g/mol. The van der Waals surface area contributed by atoms with Crippen molar-refractivity contribution in [3.63, 3.8) is 0 Å². The van der Waals surface area contributed by atoms with Crippen molar-refractivity contribution < 1.29 is 49.0 Å². The molecule has 6 atom stereocenters. The number of unbranched alkanes of at least 4 members (excludes halogenated alkanes) is 22. The molecule has 1 heterocycles. The summed E-state index contributed by atoms with van der Waals surface area (Å²) in [6.45, 7) is 3.38. The molecule has 0 aromatic carbocycles. The first kappa shape index (κ1) is 45.7. The third-order valence-electron chi connectivity index (χ3n) is 9.49. The van der Waals surface area contributed by atoms with Crippen molar-refractivity contribution in [2.24, 2.45) is 0 Å². The summed E-state index contributed by atoms with van der Waals surface area (Å²) in [5, 5.41) is 39.8. The fraction of sp³-hybridized carbons (Fsp3) is 0.949. The van der Waals surface area contributed by atoms with Gasteiger partial charge in [-0.05, 0) is 12.8 Å². The molecule has 0 aliphatic carbocycles. The lowest BCUT2D eigenvalue weighted by Crippen LogP contribution is -2.59. The first-order chi connectivity index (χ1) is 23.8. The van der Waals surface area contributed by atoms with E-state index in [2.05, 4.69) is 13.8 Å². The van der Waals surface area contributed by atoms with Crippen LogP contribution in [0.5, 0.6) is 0 Å². The fourth-order valence-electron chi connectivity index (χ4n) is 6.25. The van der Waals surface area contributed by atoms with Crippen LogP contribution in [0.25, 0.3) is 0 Å². The van der Waals surface area contributed by atoms with Gasteiger partial charge in [0.1, 0.15) is 31.0 Å². The van der Waals surface area contributed by atoms with E-state index < -0.39 is 49.4 Å². The summed E-state index contributed by atoms with van der Waals surface area (Å²) in [5.74, 6) is -0.804. The van der Waals surface area contributed by atoms with Gasteiger partial charge in [0.15, 0.2) is 12.4 Å². The SMILES string of the molecule is CCCCCCCCCCCCCCCCCCCC(=O)OC(COC(=O)CCCCCCCCC)COC1OC(CO)C(O)C(O)C1O. The number of hydrogen-bond donors (Lipinski definition) is 4. The van der Waals surface area contributed by atoms with Gasteiger partial charge in [-0.1, -0.05) is 155 Å². The van der Waals surface area contributed by atoms with Crippen molar-refractivity contribution in [3.8, 4) is 0 Å². The molecule has 1 rings (SSSR count). The summed E-state index contributed by atoms with van der Waals surface area (Å²) in [6, 6.07) is 0. The van der Waals surface area contributed by atoms with Crippen molar-refractivity contribution in [2.75, 3.05) is 19.8 Å². The van der Waals surface area contributed by atoms with Gasteiger partial charge in [-0.3, -0.25) is 9.59 Å². The third-order valence-corrected chi connectivity index (χ3v) is 9.49. The number of hydrogen-bond acceptors (Lipinski definition) is 10. The molecule has 0 aromatic rings. The molecule has 0 radical (unpaired) electrons. The Balaban J connectivity index is 2.31. The van der Waals surface area contributed by atoms with E-state index in [1.54, 1.807) is 0 Å². The normalized spacial score (nSPS) is 21.5. The van der Waals surface area contributed by atoms with E-state index in [0.29, 0.717) is 6.42 Å². The lowest BCUT2D eigenvalue weighted by atomic mass is 9.99. The molecule has 290 valence electrons. The highest BCUT2D eigenvalue weighted by molar-refractivity contribution is 5.70. The van der Waals surface area contributed by atoms with Gasteiger partial charge >= 0.3 is 11.9 Å². The Bertz CT molecular complexity index is 779. The number of carbonyl (C=O) groups excluding carboxylic acids is 2. The number of aliphatic hydroxyl groups excluding tert-OH is 4. The molecular formula is C39H74O10. The molecule has 49 heavy (non-hydrogen) atoms. The number of aliphatic hydroxyl groups is 4. The van der Waals surface area contributed by atoms with Gasteiger partial charge in [0.05, 0.1) is 13.2 Å². The summed E-state index contributed by atoms with van der Waals surface area (Å²) in [5.41, 5.74) is 0. The van der Waals surface area contributed by atoms with Crippen molar-refractivity contribution >= 4 is 11.9 Å². The molecular weight excluding hydrogens is 628 g/mol. The van der Waals surface area contributed by atoms with Crippen LogP contribution in [0.1, 0.15) is 181 Å². The Morgan fingerprint density at radius 1 is 0.551 bits per heavy atom. The molecule has 10 heteroatoms. The van der Waals surface area contributed by atoms with Gasteiger partial charge in [-0.2, -0.15) is 0 Å². The van der Waals surface area contributed by atoms with Gasteiger partial charge in [0, 0.05) is 12.8 Å². The third kappa shape index (κ3) is 23.7. The average Bonchev–Trinajstić information content (AvgIpc) is 3.10. The Morgan fingerprint density at radius 2 is 0.959 bits per heavy atom. The maximum atomic E-state index is 12.7. The number of esters is 2. The van der Waals surface area contributed by atoms with Crippen LogP contribution in [0.4, 0.5) is 0 Å². The zero-order valence-corrected chi connectivity index (χ0v) is 31.2. The van der Waals surface area contributed by atoms with Crippen molar-refractivity contribution in [1.82, 2.24) is 0 Å². The second-order valence-electron chi connectivity index (χ2n) is 14.1. The molecule has 0 aromatic heterocycles. The van der Waals surface area contributed by atoms with E-state index in [0.717, 1.165) is 44.9 Å². The highest BCUT2D eigenvalue weighted by atomic mass is 16.7. The van der Waals surface area contributed by atoms with E-state index in [1.165, 1.54) is 103 Å². The Labute approximate surface area is 298 Å². The van der Waals surface area contributed by atoms with Crippen LogP contribution in [-0.4, -0.2) is 89.0 Å². The quantitative estimate of drug-likeness (QED) is 0.0401. The standard InChI is InChI=1S/C39H74O10/c1-3-5-7-9-11-12-13-14-15-16-17-18-19-20-22-24-26-28-35(42)48-32(30-46-34(41)27-25-23-21-10-8-6-4-2)31-47-39-38(45)37(44)36(43)33(29-40)49-39/h32-33,36-40,43-45H,3-31H2,1-2H3. The molecule has 10 nitrogen and oxygen atoms in total. The molecule has 0 amide bonds. The topological polar surface area (TPSA) is 152 Å². The van der Waals surface area contributed by atoms with Crippen LogP contribution in [0, 0.1) is 0 Å². The Hall–Kier alpha value is -1.30. The van der Waals surface area contributed by atoms with Gasteiger partial charge in [-0.25, -0.2) is 0 Å². The van der Waals surface area contributed by atoms with Crippen LogP contribution >= 0.6 is 0 Å². The van der Waals surface area contributed by atoms with Gasteiger partial charge in [0.2, 0.25) is 0 Å². The van der Waals surface area contributed by atoms with Gasteiger partial charge in [0.25, 0.3) is 0 Å². The summed E-state index contributed by atoms with van der Waals surface area (Å²) < 4.78 is 22.0. The summed E-state index contributed by atoms with van der Waals surface area (Å²) in [6.07, 6.45) is 21.4. The fourth-order valence-corrected chi connectivity index (χ4v) is 6.25. The van der Waals surface area contributed by atoms with Crippen LogP contribution in [0.2, 0.25) is 0 Å². The maximum Gasteiger partial charge on any atom is 0.306 e. The maximum absolute atomic E-state index is 12.7. The van der Waals surface area contributed by atoms with Crippen LogP contribution in [0.15, 0.2) is 0 Å². The van der Waals surface area contributed by atoms with Gasteiger partial charge in [-0.15, -0.1) is 0 Å². The molecule has 0 saturated carbocycles. The van der Waals surface area contributed by atoms with E-state index in [9.17, 15) is 30.0 Å². The molecule has 4 N–H and O–H groups in total. The number of carbonyl (C=O) groups is 2. The van der Waals surface area contributed by atoms with E-state index >= 15 is 0 Å². The predicted octanol–water partition coefficient (Wildman–Crippen LogP) is 7.44. The van der Waals surface area contributed by atoms with Crippen LogP contribution in [-0.2, 0) is 28.5 Å². The summed E-state index contributed by atoms with van der Waals surface area (Å²) in [7, 11) is 0. The van der Waals surface area contributed by atoms with Crippen LogP contribution in [0.3, 0.4) is 0 Å². The monoisotopic (exact) mass is 703 g/mol. The number of rotatable bonds is 33. The first-order valence-electron chi connectivity index (χ1n) is 20.1. The van der Waals surface area contributed by atoms with E-state index in [1.807, 2.05) is 0 Å². The molecule has 1 saturated heterocycles. The Kier molecular flexibility index (Phi) is 29.3. The summed E-state index contributed by atoms with van der Waals surface area (Å²) >= 11 is 0.